The smallest absolute Gasteiger partial charge is 0.237 e. The van der Waals surface area contributed by atoms with Crippen molar-refractivity contribution in [1.82, 2.24) is 14.7 Å². The predicted octanol–water partition coefficient (Wildman–Crippen LogP) is 3.45. The largest absolute Gasteiger partial charge is 0.497 e. The summed E-state index contributed by atoms with van der Waals surface area (Å²) in [6.45, 7) is 3.00. The van der Waals surface area contributed by atoms with Crippen LogP contribution in [0.25, 0.3) is 0 Å². The number of likely N-dealkylation sites (tertiary alicyclic amines) is 1. The average Bonchev–Trinajstić information content (AvgIpc) is 3.49. The molecule has 2 aromatic carbocycles. The number of hydrogen-bond donors (Lipinski definition) is 1. The fraction of sp³-hybridized carbons (Fsp3) is 0.320. The van der Waals surface area contributed by atoms with Crippen LogP contribution in [-0.2, 0) is 21.5 Å². The van der Waals surface area contributed by atoms with E-state index in [0.717, 1.165) is 22.5 Å². The topological polar surface area (TPSA) is 76.5 Å². The number of carbonyl (C=O) groups is 2. The van der Waals surface area contributed by atoms with Crippen LogP contribution in [0.2, 0.25) is 0 Å². The number of carbonyl (C=O) groups excluding carboxylic acids is 2. The summed E-state index contributed by atoms with van der Waals surface area (Å²) in [5.41, 5.74) is 2.88. The molecule has 1 N–H and O–H groups in total. The number of hydrogen-bond acceptors (Lipinski definition) is 4. The van der Waals surface area contributed by atoms with Crippen molar-refractivity contribution in [2.75, 3.05) is 19.0 Å². The Morgan fingerprint density at radius 1 is 1.22 bits per heavy atom. The molecule has 3 aromatic rings. The monoisotopic (exact) mass is 430 g/mol. The summed E-state index contributed by atoms with van der Waals surface area (Å²) < 4.78 is 7.29. The van der Waals surface area contributed by atoms with Gasteiger partial charge in [0.25, 0.3) is 0 Å². The molecule has 0 aliphatic carbocycles. The minimum absolute atomic E-state index is 0.0155. The molecule has 2 aliphatic rings. The van der Waals surface area contributed by atoms with E-state index in [2.05, 4.69) is 10.4 Å². The number of fused-ring (bicyclic) bond motifs is 2. The summed E-state index contributed by atoms with van der Waals surface area (Å²) in [4.78, 5) is 28.8. The van der Waals surface area contributed by atoms with Crippen molar-refractivity contribution in [3.05, 3.63) is 77.6 Å². The Hall–Kier alpha value is -3.61. The van der Waals surface area contributed by atoms with Crippen LogP contribution in [-0.4, -0.2) is 40.1 Å². The third-order valence-electron chi connectivity index (χ3n) is 6.78. The minimum Gasteiger partial charge on any atom is -0.497 e. The number of para-hydroxylation sites is 1. The molecular formula is C25H26N4O3. The second-order valence-electron chi connectivity index (χ2n) is 8.43. The zero-order chi connectivity index (χ0) is 22.3. The molecule has 0 bridgehead atoms. The first-order valence-electron chi connectivity index (χ1n) is 10.9. The van der Waals surface area contributed by atoms with Gasteiger partial charge in [-0.05, 0) is 48.7 Å². The lowest BCUT2D eigenvalue weighted by molar-refractivity contribution is -0.133. The number of benzene rings is 2. The summed E-state index contributed by atoms with van der Waals surface area (Å²) in [6, 6.07) is 17.0. The van der Waals surface area contributed by atoms with Crippen LogP contribution in [0.3, 0.4) is 0 Å². The zero-order valence-corrected chi connectivity index (χ0v) is 18.2. The van der Waals surface area contributed by atoms with Crippen LogP contribution in [0.4, 0.5) is 5.69 Å². The summed E-state index contributed by atoms with van der Waals surface area (Å²) >= 11 is 0. The molecule has 1 saturated heterocycles. The number of ether oxygens (including phenoxy) is 1. The molecule has 1 fully saturated rings. The van der Waals surface area contributed by atoms with Gasteiger partial charge in [-0.15, -0.1) is 0 Å². The molecular weight excluding hydrogens is 404 g/mol. The van der Waals surface area contributed by atoms with Gasteiger partial charge >= 0.3 is 0 Å². The van der Waals surface area contributed by atoms with Crippen molar-refractivity contribution in [1.29, 1.82) is 0 Å². The molecule has 2 amide bonds. The fourth-order valence-corrected chi connectivity index (χ4v) is 5.21. The highest BCUT2D eigenvalue weighted by Gasteiger charge is 2.59. The first-order valence-corrected chi connectivity index (χ1v) is 10.9. The Morgan fingerprint density at radius 2 is 2.06 bits per heavy atom. The molecule has 3 heterocycles. The molecule has 2 atom stereocenters. The van der Waals surface area contributed by atoms with E-state index in [9.17, 15) is 9.59 Å². The van der Waals surface area contributed by atoms with Gasteiger partial charge in [-0.2, -0.15) is 5.10 Å². The van der Waals surface area contributed by atoms with Crippen molar-refractivity contribution >= 4 is 17.5 Å². The van der Waals surface area contributed by atoms with E-state index in [1.807, 2.05) is 71.1 Å². The number of nitrogens with one attached hydrogen (secondary N) is 1. The lowest BCUT2D eigenvalue weighted by Gasteiger charge is -2.34. The molecule has 2 aliphatic heterocycles. The fourth-order valence-electron chi connectivity index (χ4n) is 5.21. The number of nitrogens with zero attached hydrogens (tertiary/aromatic N) is 3. The third kappa shape index (κ3) is 3.07. The van der Waals surface area contributed by atoms with Gasteiger partial charge in [-0.1, -0.05) is 30.3 Å². The Morgan fingerprint density at radius 3 is 2.84 bits per heavy atom. The van der Waals surface area contributed by atoms with Crippen LogP contribution < -0.4 is 10.1 Å². The normalized spacial score (nSPS) is 21.6. The molecule has 0 unspecified atom stereocenters. The van der Waals surface area contributed by atoms with Gasteiger partial charge in [0.05, 0.1) is 13.2 Å². The molecule has 1 aromatic heterocycles. The maximum Gasteiger partial charge on any atom is 0.237 e. The molecule has 0 saturated carbocycles. The van der Waals surface area contributed by atoms with Crippen molar-refractivity contribution in [2.45, 2.75) is 37.8 Å². The van der Waals surface area contributed by atoms with Crippen molar-refractivity contribution in [2.24, 2.45) is 0 Å². The Bertz CT molecular complexity index is 1190. The first kappa shape index (κ1) is 20.3. The number of aromatic nitrogens is 2. The highest BCUT2D eigenvalue weighted by Crippen LogP contribution is 2.55. The van der Waals surface area contributed by atoms with Crippen LogP contribution >= 0.6 is 0 Å². The second-order valence-corrected chi connectivity index (χ2v) is 8.43. The van der Waals surface area contributed by atoms with E-state index in [1.165, 1.54) is 0 Å². The molecule has 0 radical (unpaired) electrons. The summed E-state index contributed by atoms with van der Waals surface area (Å²) in [7, 11) is 1.62. The standard InChI is InChI=1S/C25H26N4O3/c1-17-10-13-26-29(17)14-11-22(30)28-15-12-25(20-8-3-4-9-21(20)27-24(25)31)23(28)18-6-5-7-19(16-18)32-2/h3-10,13,16,23H,11-12,14-15H2,1-2H3,(H,27,31)/t23-,25+/m0/s1. The van der Waals surface area contributed by atoms with Gasteiger partial charge in [0.2, 0.25) is 11.8 Å². The van der Waals surface area contributed by atoms with E-state index in [1.54, 1.807) is 13.3 Å². The van der Waals surface area contributed by atoms with E-state index < -0.39 is 11.5 Å². The highest BCUT2D eigenvalue weighted by molar-refractivity contribution is 6.07. The minimum atomic E-state index is -0.819. The van der Waals surface area contributed by atoms with Gasteiger partial charge in [-0.3, -0.25) is 14.3 Å². The van der Waals surface area contributed by atoms with Crippen LogP contribution in [0.1, 0.15) is 35.7 Å². The zero-order valence-electron chi connectivity index (χ0n) is 18.2. The SMILES string of the molecule is COc1cccc([C@@H]2N(C(=O)CCn3nccc3C)CC[C@]23C(=O)Nc2ccccc23)c1. The Kier molecular flexibility index (Phi) is 4.96. The maximum atomic E-state index is 13.5. The van der Waals surface area contributed by atoms with E-state index in [0.29, 0.717) is 31.7 Å². The van der Waals surface area contributed by atoms with E-state index in [4.69, 9.17) is 4.74 Å². The summed E-state index contributed by atoms with van der Waals surface area (Å²) in [5.74, 6) is 0.669. The lowest BCUT2D eigenvalue weighted by atomic mass is 9.72. The predicted molar refractivity (Wildman–Crippen MR) is 120 cm³/mol. The van der Waals surface area contributed by atoms with Crippen LogP contribution in [0.5, 0.6) is 5.75 Å². The number of amides is 2. The van der Waals surface area contributed by atoms with Gasteiger partial charge < -0.3 is 15.0 Å². The van der Waals surface area contributed by atoms with Crippen molar-refractivity contribution in [3.63, 3.8) is 0 Å². The van der Waals surface area contributed by atoms with Crippen LogP contribution in [0, 0.1) is 6.92 Å². The number of aryl methyl sites for hydroxylation is 2. The number of rotatable bonds is 5. The van der Waals surface area contributed by atoms with Crippen LogP contribution in [0.15, 0.2) is 60.8 Å². The highest BCUT2D eigenvalue weighted by atomic mass is 16.5. The molecule has 7 heteroatoms. The number of methoxy groups -OCH3 is 1. The molecule has 164 valence electrons. The quantitative estimate of drug-likeness (QED) is 0.673. The Labute approximate surface area is 187 Å². The number of anilines is 1. The molecule has 5 rings (SSSR count). The molecule has 32 heavy (non-hydrogen) atoms. The van der Waals surface area contributed by atoms with Gasteiger partial charge in [-0.25, -0.2) is 0 Å². The third-order valence-corrected chi connectivity index (χ3v) is 6.78. The molecule has 7 nitrogen and oxygen atoms in total. The van der Waals surface area contributed by atoms with Crippen molar-refractivity contribution < 1.29 is 14.3 Å². The van der Waals surface area contributed by atoms with Gasteiger partial charge in [0, 0.05) is 37.1 Å². The summed E-state index contributed by atoms with van der Waals surface area (Å²) in [6.07, 6.45) is 2.64. The first-order chi connectivity index (χ1) is 15.5. The van der Waals surface area contributed by atoms with Gasteiger partial charge in [0.1, 0.15) is 11.2 Å². The lowest BCUT2D eigenvalue weighted by Crippen LogP contribution is -2.42. The van der Waals surface area contributed by atoms with Gasteiger partial charge in [0.15, 0.2) is 0 Å². The summed E-state index contributed by atoms with van der Waals surface area (Å²) in [5, 5.41) is 7.35. The average molecular weight is 431 g/mol. The van der Waals surface area contributed by atoms with Crippen molar-refractivity contribution in [3.8, 4) is 5.75 Å². The van der Waals surface area contributed by atoms with E-state index in [-0.39, 0.29) is 11.8 Å². The Balaban J connectivity index is 1.55. The maximum absolute atomic E-state index is 13.5. The second kappa shape index (κ2) is 7.82. The van der Waals surface area contributed by atoms with E-state index >= 15 is 0 Å². The molecule has 1 spiro atoms.